The van der Waals surface area contributed by atoms with E-state index >= 15 is 0 Å². The number of fused-ring (bicyclic) bond motifs is 6. The Kier molecular flexibility index (Phi) is 9.38. The summed E-state index contributed by atoms with van der Waals surface area (Å²) in [5, 5.41) is 2.71. The molecule has 3 aliphatic rings. The van der Waals surface area contributed by atoms with Crippen LogP contribution >= 0.6 is 0 Å². The predicted octanol–water partition coefficient (Wildman–Crippen LogP) is 14.0. The van der Waals surface area contributed by atoms with Gasteiger partial charge in [0.15, 0.2) is 0 Å². The third-order valence-electron chi connectivity index (χ3n) is 13.3. The van der Waals surface area contributed by atoms with Crippen molar-refractivity contribution in [2.24, 2.45) is 7.05 Å². The summed E-state index contributed by atoms with van der Waals surface area (Å²) in [7, 11) is 0.117. The van der Waals surface area contributed by atoms with Gasteiger partial charge in [-0.05, 0) is 133 Å². The first-order valence-corrected chi connectivity index (χ1v) is 23.8. The first kappa shape index (κ1) is 36.2. The van der Waals surface area contributed by atoms with Crippen molar-refractivity contribution >= 4 is 42.0 Å². The van der Waals surface area contributed by atoms with E-state index in [2.05, 4.69) is 161 Å². The summed E-state index contributed by atoms with van der Waals surface area (Å²) in [5.74, 6) is 0. The smallest absolute Gasteiger partial charge is 0.0748 e. The molecule has 0 bridgehead atoms. The van der Waals surface area contributed by atoms with Crippen LogP contribution in [0.1, 0.15) is 104 Å². The molecule has 0 radical (unpaired) electrons. The molecule has 0 spiro atoms. The van der Waals surface area contributed by atoms with Gasteiger partial charge >= 0.3 is 0 Å². The number of rotatable bonds is 11. The molecule has 280 valence electrons. The zero-order chi connectivity index (χ0) is 37.9. The third kappa shape index (κ3) is 6.38. The Balaban J connectivity index is 1.13. The first-order chi connectivity index (χ1) is 26.6. The van der Waals surface area contributed by atoms with Gasteiger partial charge in [0.25, 0.3) is 0 Å². The Morgan fingerprint density at radius 1 is 0.745 bits per heavy atom. The quantitative estimate of drug-likeness (QED) is 0.0953. The van der Waals surface area contributed by atoms with Gasteiger partial charge in [-0.1, -0.05) is 135 Å². The number of nitrogens with zero attached hydrogens (tertiary/aromatic N) is 1. The van der Waals surface area contributed by atoms with Crippen molar-refractivity contribution in [2.75, 3.05) is 6.61 Å². The molecule has 0 aliphatic heterocycles. The van der Waals surface area contributed by atoms with Crippen LogP contribution in [0.3, 0.4) is 0 Å². The lowest BCUT2D eigenvalue weighted by Gasteiger charge is -2.41. The fourth-order valence-electron chi connectivity index (χ4n) is 10.9. The molecule has 3 heteroatoms. The van der Waals surface area contributed by atoms with Crippen molar-refractivity contribution in [1.82, 2.24) is 4.57 Å². The number of aryl methyl sites for hydroxylation is 2. The maximum Gasteiger partial charge on any atom is 0.0748 e. The van der Waals surface area contributed by atoms with Crippen molar-refractivity contribution in [3.05, 3.63) is 142 Å². The van der Waals surface area contributed by atoms with E-state index < -0.39 is 8.07 Å². The Hall–Kier alpha value is -4.44. The predicted molar refractivity (Wildman–Crippen MR) is 239 cm³/mol. The molecule has 55 heavy (non-hydrogen) atoms. The molecule has 6 aromatic rings. The van der Waals surface area contributed by atoms with E-state index in [1.165, 1.54) is 99.8 Å². The van der Waals surface area contributed by atoms with Crippen LogP contribution in [0.4, 0.5) is 0 Å². The lowest BCUT2D eigenvalue weighted by molar-refractivity contribution is -0.00471. The van der Waals surface area contributed by atoms with Crippen LogP contribution in [0.15, 0.2) is 109 Å². The Bertz CT molecular complexity index is 2480. The highest BCUT2D eigenvalue weighted by Crippen LogP contribution is 2.56. The largest absolute Gasteiger partial charge is 0.376 e. The van der Waals surface area contributed by atoms with Gasteiger partial charge < -0.3 is 9.30 Å². The fraction of sp³-hybridized carbons (Fsp3) is 0.346. The minimum Gasteiger partial charge on any atom is -0.376 e. The van der Waals surface area contributed by atoms with Crippen LogP contribution in [-0.4, -0.2) is 24.8 Å². The summed E-state index contributed by atoms with van der Waals surface area (Å²) in [6.07, 6.45) is 16.3. The molecule has 0 fully saturated rings. The van der Waals surface area contributed by atoms with Crippen molar-refractivity contribution < 1.29 is 4.74 Å². The van der Waals surface area contributed by atoms with Crippen LogP contribution in [-0.2, 0) is 24.6 Å². The van der Waals surface area contributed by atoms with Gasteiger partial charge in [0, 0.05) is 41.0 Å². The molecule has 5 aromatic carbocycles. The molecule has 0 saturated carbocycles. The molecule has 0 amide bonds. The molecule has 0 N–H and O–H groups in total. The number of hydrogen-bond donors (Lipinski definition) is 0. The van der Waals surface area contributed by atoms with Crippen LogP contribution in [0.2, 0.25) is 12.6 Å². The van der Waals surface area contributed by atoms with Crippen molar-refractivity contribution in [1.29, 1.82) is 0 Å². The van der Waals surface area contributed by atoms with Crippen molar-refractivity contribution in [2.45, 2.75) is 102 Å². The Labute approximate surface area is 330 Å². The SMILES string of the molecule is CC1=Cc2c(cc3c(c2-c2ccc4c(c2)c2ccccc2n4C)CCC3)C1[Si](C)(CCCCCCOC(C)(C)C)C1C=Cc2c(-c3ccccc3)cccc21. The van der Waals surface area contributed by atoms with Crippen LogP contribution in [0, 0.1) is 0 Å². The summed E-state index contributed by atoms with van der Waals surface area (Å²) in [4.78, 5) is 0. The molecule has 3 aliphatic carbocycles. The molecule has 3 unspecified atom stereocenters. The maximum atomic E-state index is 6.10. The Morgan fingerprint density at radius 2 is 1.53 bits per heavy atom. The second kappa shape index (κ2) is 14.2. The lowest BCUT2D eigenvalue weighted by Crippen LogP contribution is -2.44. The summed E-state index contributed by atoms with van der Waals surface area (Å²) >= 11 is 0. The second-order valence-corrected chi connectivity index (χ2v) is 22.7. The van der Waals surface area contributed by atoms with Crippen molar-refractivity contribution in [3.8, 4) is 22.3 Å². The summed E-state index contributed by atoms with van der Waals surface area (Å²) in [6, 6.07) is 38.4. The van der Waals surface area contributed by atoms with E-state index in [1.807, 2.05) is 0 Å². The van der Waals surface area contributed by atoms with Gasteiger partial charge in [0.2, 0.25) is 0 Å². The zero-order valence-corrected chi connectivity index (χ0v) is 34.8. The number of allylic oxidation sites excluding steroid dienone is 2. The number of benzene rings is 5. The molecular formula is C52H57NOSi. The molecule has 1 heterocycles. The van der Waals surface area contributed by atoms with E-state index in [4.69, 9.17) is 4.74 Å². The average molecular weight is 740 g/mol. The summed E-state index contributed by atoms with van der Waals surface area (Å²) in [6.45, 7) is 12.6. The van der Waals surface area contributed by atoms with Crippen LogP contribution < -0.4 is 0 Å². The van der Waals surface area contributed by atoms with Gasteiger partial charge in [-0.15, -0.1) is 0 Å². The zero-order valence-electron chi connectivity index (χ0n) is 33.8. The maximum absolute atomic E-state index is 6.10. The Morgan fingerprint density at radius 3 is 2.36 bits per heavy atom. The summed E-state index contributed by atoms with van der Waals surface area (Å²) < 4.78 is 8.46. The van der Waals surface area contributed by atoms with E-state index in [9.17, 15) is 0 Å². The number of ether oxygens (including phenoxy) is 1. The number of aromatic nitrogens is 1. The van der Waals surface area contributed by atoms with Crippen LogP contribution in [0.5, 0.6) is 0 Å². The molecule has 3 atom stereocenters. The fourth-order valence-corrected chi connectivity index (χ4v) is 16.4. The molecule has 9 rings (SSSR count). The van der Waals surface area contributed by atoms with Gasteiger partial charge in [-0.25, -0.2) is 0 Å². The topological polar surface area (TPSA) is 14.2 Å². The van der Waals surface area contributed by atoms with Gasteiger partial charge in [-0.2, -0.15) is 0 Å². The first-order valence-electron chi connectivity index (χ1n) is 21.0. The van der Waals surface area contributed by atoms with Gasteiger partial charge in [0.1, 0.15) is 0 Å². The van der Waals surface area contributed by atoms with E-state index in [-0.39, 0.29) is 5.60 Å². The highest BCUT2D eigenvalue weighted by Gasteiger charge is 2.48. The normalized spacial score (nSPS) is 18.5. The molecule has 1 aromatic heterocycles. The van der Waals surface area contributed by atoms with E-state index in [0.717, 1.165) is 13.0 Å². The number of para-hydroxylation sites is 1. The second-order valence-electron chi connectivity index (χ2n) is 18.0. The van der Waals surface area contributed by atoms with Gasteiger partial charge in [0.05, 0.1) is 13.7 Å². The van der Waals surface area contributed by atoms with E-state index in [0.29, 0.717) is 11.1 Å². The van der Waals surface area contributed by atoms with Crippen LogP contribution in [0.25, 0.3) is 56.2 Å². The lowest BCUT2D eigenvalue weighted by atomic mass is 9.89. The molecule has 0 saturated heterocycles. The van der Waals surface area contributed by atoms with Crippen molar-refractivity contribution in [3.63, 3.8) is 0 Å². The minimum absolute atomic E-state index is 0.0638. The highest BCUT2D eigenvalue weighted by atomic mass is 28.3. The van der Waals surface area contributed by atoms with E-state index in [1.54, 1.807) is 27.8 Å². The minimum atomic E-state index is -2.09. The number of hydrogen-bond acceptors (Lipinski definition) is 1. The molecular weight excluding hydrogens is 683 g/mol. The highest BCUT2D eigenvalue weighted by molar-refractivity contribution is 6.82. The summed E-state index contributed by atoms with van der Waals surface area (Å²) in [5.41, 5.74) is 20.0. The van der Waals surface area contributed by atoms with Gasteiger partial charge in [-0.3, -0.25) is 0 Å². The standard InChI is InChI=1S/C52H57NOSi/c1-35-32-45-46(33-37-20-16-23-40(37)50(45)38-26-28-48-44(34-38)42-21-12-13-25-47(42)53(48)5)51(35)55(6,31-15-8-7-14-30-54-52(2,3)4)49-29-27-41-39(22-17-24-43(41)49)36-18-10-9-11-19-36/h9-13,17-19,21-22,24-29,32-34,49,51H,7-8,14-16,20,23,30-31H2,1-6H3. The monoisotopic (exact) mass is 739 g/mol. The third-order valence-corrected chi connectivity index (χ3v) is 18.8. The molecule has 2 nitrogen and oxygen atoms in total. The number of unbranched alkanes of at least 4 members (excludes halogenated alkanes) is 3. The average Bonchev–Trinajstić information content (AvgIpc) is 3.97.